The number of nitrogens with zero attached hydrogens (tertiary/aromatic N) is 1. The van der Waals surface area contributed by atoms with Gasteiger partial charge in [0, 0.05) is 31.1 Å². The van der Waals surface area contributed by atoms with Crippen molar-refractivity contribution in [1.29, 1.82) is 0 Å². The van der Waals surface area contributed by atoms with Crippen LogP contribution in [0.2, 0.25) is 0 Å². The van der Waals surface area contributed by atoms with Crippen LogP contribution < -0.4 is 4.72 Å². The highest BCUT2D eigenvalue weighted by Gasteiger charge is 2.34. The molecule has 33 heavy (non-hydrogen) atoms. The van der Waals surface area contributed by atoms with Crippen molar-refractivity contribution in [2.75, 3.05) is 26.0 Å². The van der Waals surface area contributed by atoms with Gasteiger partial charge in [-0.3, -0.25) is 4.90 Å². The minimum Gasteiger partial charge on any atom is -0.377 e. The van der Waals surface area contributed by atoms with Gasteiger partial charge >= 0.3 is 0 Å². The molecule has 0 aromatic heterocycles. The van der Waals surface area contributed by atoms with Crippen LogP contribution in [0.4, 0.5) is 0 Å². The molecular formula is C27H36N2O3S. The first-order valence-electron chi connectivity index (χ1n) is 12.0. The maximum absolute atomic E-state index is 12.0. The molecule has 1 aliphatic heterocycles. The number of hydrogen-bond acceptors (Lipinski definition) is 4. The van der Waals surface area contributed by atoms with E-state index in [1.165, 1.54) is 23.0 Å². The quantitative estimate of drug-likeness (QED) is 0.613. The molecule has 178 valence electrons. The van der Waals surface area contributed by atoms with E-state index < -0.39 is 10.0 Å². The summed E-state index contributed by atoms with van der Waals surface area (Å²) in [5.41, 5.74) is 3.98. The molecule has 6 heteroatoms. The Bertz CT molecular complexity index is 1020. The highest BCUT2D eigenvalue weighted by atomic mass is 32.2. The second kappa shape index (κ2) is 11.0. The number of sulfonamides is 1. The molecule has 0 radical (unpaired) electrons. The highest BCUT2D eigenvalue weighted by Crippen LogP contribution is 2.31. The third-order valence-corrected chi connectivity index (χ3v) is 7.74. The van der Waals surface area contributed by atoms with Crippen LogP contribution in [0.5, 0.6) is 0 Å². The van der Waals surface area contributed by atoms with E-state index in [0.717, 1.165) is 38.8 Å². The fourth-order valence-electron chi connectivity index (χ4n) is 5.09. The molecule has 4 rings (SSSR count). The Kier molecular flexibility index (Phi) is 8.02. The first-order chi connectivity index (χ1) is 15.9. The number of hydrogen-bond donors (Lipinski definition) is 1. The van der Waals surface area contributed by atoms with Gasteiger partial charge in [0.1, 0.15) is 0 Å². The van der Waals surface area contributed by atoms with E-state index in [9.17, 15) is 8.42 Å². The highest BCUT2D eigenvalue weighted by molar-refractivity contribution is 7.88. The molecule has 1 unspecified atom stereocenters. The van der Waals surface area contributed by atoms with E-state index in [1.807, 2.05) is 12.1 Å². The predicted molar refractivity (Wildman–Crippen MR) is 134 cm³/mol. The van der Waals surface area contributed by atoms with E-state index in [-0.39, 0.29) is 18.1 Å². The summed E-state index contributed by atoms with van der Waals surface area (Å²) in [5, 5.41) is 0. The van der Waals surface area contributed by atoms with Crippen molar-refractivity contribution in [3.05, 3.63) is 77.9 Å². The maximum Gasteiger partial charge on any atom is 0.208 e. The Balaban J connectivity index is 1.38. The summed E-state index contributed by atoms with van der Waals surface area (Å²) in [6, 6.07) is 21.3. The molecule has 4 atom stereocenters. The number of benzene rings is 2. The standard InChI is InChI=1S/C27H36N2O3S/c1-21(22-9-5-3-6-10-22)29-18-17-27(28-33(2,30)31)25(19-29)20-32-26-15-13-24(14-16-26)23-11-7-4-8-12-23/h3-13,21,25-28H,14-20H2,1-2H3/t21-,25-,26?,27-/m0/s1. The monoisotopic (exact) mass is 468 g/mol. The topological polar surface area (TPSA) is 58.6 Å². The molecule has 2 aliphatic rings. The average molecular weight is 469 g/mol. The lowest BCUT2D eigenvalue weighted by Crippen LogP contribution is -2.52. The van der Waals surface area contributed by atoms with Gasteiger partial charge < -0.3 is 4.74 Å². The lowest BCUT2D eigenvalue weighted by Gasteiger charge is -2.42. The molecule has 2 aromatic carbocycles. The zero-order valence-electron chi connectivity index (χ0n) is 19.7. The minimum atomic E-state index is -3.26. The number of rotatable bonds is 8. The Morgan fingerprint density at radius 3 is 2.39 bits per heavy atom. The second-order valence-corrected chi connectivity index (χ2v) is 11.2. The molecule has 5 nitrogen and oxygen atoms in total. The van der Waals surface area contributed by atoms with E-state index in [1.54, 1.807) is 0 Å². The number of allylic oxidation sites excluding steroid dienone is 1. The van der Waals surface area contributed by atoms with Crippen molar-refractivity contribution in [3.63, 3.8) is 0 Å². The van der Waals surface area contributed by atoms with Gasteiger partial charge in [-0.05, 0) is 49.3 Å². The minimum absolute atomic E-state index is 0.0850. The smallest absolute Gasteiger partial charge is 0.208 e. The van der Waals surface area contributed by atoms with E-state index in [2.05, 4.69) is 71.2 Å². The van der Waals surface area contributed by atoms with Crippen molar-refractivity contribution in [3.8, 4) is 0 Å². The van der Waals surface area contributed by atoms with Gasteiger partial charge in [0.15, 0.2) is 0 Å². The number of likely N-dealkylation sites (tertiary alicyclic amines) is 1. The van der Waals surface area contributed by atoms with Crippen LogP contribution in [0, 0.1) is 5.92 Å². The van der Waals surface area contributed by atoms with Crippen LogP contribution in [0.3, 0.4) is 0 Å². The van der Waals surface area contributed by atoms with Crippen LogP contribution in [-0.2, 0) is 14.8 Å². The summed E-state index contributed by atoms with van der Waals surface area (Å²) in [5.74, 6) is 0.124. The first-order valence-corrected chi connectivity index (χ1v) is 13.9. The normalized spacial score (nSPS) is 25.4. The molecule has 1 saturated heterocycles. The summed E-state index contributed by atoms with van der Waals surface area (Å²) in [6.45, 7) is 4.49. The van der Waals surface area contributed by atoms with Crippen molar-refractivity contribution >= 4 is 15.6 Å². The predicted octanol–water partition coefficient (Wildman–Crippen LogP) is 4.64. The Morgan fingerprint density at radius 2 is 1.76 bits per heavy atom. The summed E-state index contributed by atoms with van der Waals surface area (Å²) < 4.78 is 33.2. The van der Waals surface area contributed by atoms with Crippen molar-refractivity contribution in [2.45, 2.75) is 50.8 Å². The average Bonchev–Trinajstić information content (AvgIpc) is 2.83. The third kappa shape index (κ3) is 6.76. The third-order valence-electron chi connectivity index (χ3n) is 7.01. The van der Waals surface area contributed by atoms with Gasteiger partial charge in [0.2, 0.25) is 10.0 Å². The lowest BCUT2D eigenvalue weighted by molar-refractivity contribution is -0.00806. The van der Waals surface area contributed by atoms with Crippen molar-refractivity contribution < 1.29 is 13.2 Å². The van der Waals surface area contributed by atoms with Crippen LogP contribution in [0.25, 0.3) is 5.57 Å². The molecule has 0 saturated carbocycles. The van der Waals surface area contributed by atoms with E-state index in [0.29, 0.717) is 12.6 Å². The summed E-state index contributed by atoms with van der Waals surface area (Å²) >= 11 is 0. The van der Waals surface area contributed by atoms with Crippen LogP contribution in [0.1, 0.15) is 49.8 Å². The second-order valence-electron chi connectivity index (χ2n) is 9.45. The molecule has 2 aromatic rings. The molecule has 1 fully saturated rings. The van der Waals surface area contributed by atoms with Gasteiger partial charge in [0.05, 0.1) is 19.0 Å². The summed E-state index contributed by atoms with van der Waals surface area (Å²) in [4.78, 5) is 2.46. The van der Waals surface area contributed by atoms with Gasteiger partial charge in [-0.2, -0.15) is 0 Å². The van der Waals surface area contributed by atoms with Gasteiger partial charge in [-0.25, -0.2) is 13.1 Å². The van der Waals surface area contributed by atoms with Crippen LogP contribution >= 0.6 is 0 Å². The first kappa shape index (κ1) is 24.1. The van der Waals surface area contributed by atoms with Crippen molar-refractivity contribution in [1.82, 2.24) is 9.62 Å². The Hall–Kier alpha value is -1.99. The zero-order chi connectivity index (χ0) is 23.3. The van der Waals surface area contributed by atoms with Crippen LogP contribution in [-0.4, -0.2) is 51.4 Å². The molecule has 0 spiro atoms. The maximum atomic E-state index is 12.0. The van der Waals surface area contributed by atoms with Crippen LogP contribution in [0.15, 0.2) is 66.7 Å². The summed E-state index contributed by atoms with van der Waals surface area (Å²) in [7, 11) is -3.26. The number of ether oxygens (including phenoxy) is 1. The Labute approximate surface area is 198 Å². The SMILES string of the molecule is C[C@@H](c1ccccc1)N1CC[C@H](NS(C)(=O)=O)[C@H](COC2CC=C(c3ccccc3)CC2)C1. The molecule has 0 amide bonds. The fourth-order valence-corrected chi connectivity index (χ4v) is 5.95. The van der Waals surface area contributed by atoms with Crippen molar-refractivity contribution in [2.24, 2.45) is 5.92 Å². The van der Waals surface area contributed by atoms with E-state index >= 15 is 0 Å². The molecular weight excluding hydrogens is 432 g/mol. The molecule has 1 N–H and O–H groups in total. The molecule has 1 aliphatic carbocycles. The number of piperidine rings is 1. The lowest BCUT2D eigenvalue weighted by atomic mass is 9.90. The van der Waals surface area contributed by atoms with Gasteiger partial charge in [-0.15, -0.1) is 0 Å². The van der Waals surface area contributed by atoms with Gasteiger partial charge in [0.25, 0.3) is 0 Å². The van der Waals surface area contributed by atoms with Gasteiger partial charge in [-0.1, -0.05) is 66.7 Å². The van der Waals surface area contributed by atoms with E-state index in [4.69, 9.17) is 4.74 Å². The largest absolute Gasteiger partial charge is 0.377 e. The fraction of sp³-hybridized carbons (Fsp3) is 0.481. The Morgan fingerprint density at radius 1 is 1.06 bits per heavy atom. The zero-order valence-corrected chi connectivity index (χ0v) is 20.5. The number of nitrogens with one attached hydrogen (secondary N) is 1. The summed E-state index contributed by atoms with van der Waals surface area (Å²) in [6.07, 6.45) is 7.47. The molecule has 1 heterocycles. The molecule has 0 bridgehead atoms.